The number of thiol groups is 1. The second-order valence-electron chi connectivity index (χ2n) is 3.20. The Hall–Kier alpha value is -1.29. The van der Waals surface area contributed by atoms with Gasteiger partial charge >= 0.3 is 0 Å². The van der Waals surface area contributed by atoms with E-state index in [1.807, 2.05) is 35.7 Å². The highest BCUT2D eigenvalue weighted by atomic mass is 32.1. The average Bonchev–Trinajstić information content (AvgIpc) is 2.45. The van der Waals surface area contributed by atoms with Gasteiger partial charge in [0.15, 0.2) is 5.12 Å². The molecule has 2 rings (SSSR count). The summed E-state index contributed by atoms with van der Waals surface area (Å²) in [4.78, 5) is 15.2. The predicted octanol–water partition coefficient (Wildman–Crippen LogP) is 1.64. The molecule has 0 atom stereocenters. The van der Waals surface area contributed by atoms with Gasteiger partial charge in [-0.25, -0.2) is 4.98 Å². The molecule has 0 aliphatic heterocycles. The van der Waals surface area contributed by atoms with Crippen LogP contribution in [0.4, 0.5) is 0 Å². The lowest BCUT2D eigenvalue weighted by molar-refractivity contribution is -0.110. The van der Waals surface area contributed by atoms with Gasteiger partial charge in [-0.1, -0.05) is 6.07 Å². The smallest absolute Gasteiger partial charge is 0.191 e. The monoisotopic (exact) mass is 206 g/mol. The van der Waals surface area contributed by atoms with Crippen molar-refractivity contribution in [3.8, 4) is 0 Å². The van der Waals surface area contributed by atoms with E-state index in [1.165, 1.54) is 0 Å². The van der Waals surface area contributed by atoms with Crippen LogP contribution in [0.25, 0.3) is 5.65 Å². The van der Waals surface area contributed by atoms with Gasteiger partial charge in [-0.3, -0.25) is 4.79 Å². The largest absolute Gasteiger partial charge is 0.303 e. The Morgan fingerprint density at radius 1 is 1.57 bits per heavy atom. The van der Waals surface area contributed by atoms with Gasteiger partial charge in [0.2, 0.25) is 0 Å². The highest BCUT2D eigenvalue weighted by Crippen LogP contribution is 2.09. The molecular formula is C10H10N2OS. The van der Waals surface area contributed by atoms with Gasteiger partial charge in [0.05, 0.1) is 12.1 Å². The molecule has 0 radical (unpaired) electrons. The van der Waals surface area contributed by atoms with E-state index in [1.54, 1.807) is 0 Å². The first-order valence-electron chi connectivity index (χ1n) is 4.32. The summed E-state index contributed by atoms with van der Waals surface area (Å²) in [5.41, 5.74) is 2.74. The first kappa shape index (κ1) is 9.27. The Morgan fingerprint density at radius 3 is 3.07 bits per heavy atom. The summed E-state index contributed by atoms with van der Waals surface area (Å²) in [6, 6.07) is 5.72. The van der Waals surface area contributed by atoms with E-state index in [0.29, 0.717) is 6.42 Å². The van der Waals surface area contributed by atoms with E-state index in [-0.39, 0.29) is 5.12 Å². The van der Waals surface area contributed by atoms with Gasteiger partial charge in [0, 0.05) is 11.9 Å². The van der Waals surface area contributed by atoms with Crippen molar-refractivity contribution in [2.45, 2.75) is 13.3 Å². The number of imidazole rings is 1. The van der Waals surface area contributed by atoms with Gasteiger partial charge in [-0.05, 0) is 19.1 Å². The highest BCUT2D eigenvalue weighted by molar-refractivity contribution is 7.96. The third-order valence-corrected chi connectivity index (χ3v) is 2.19. The molecule has 2 aromatic rings. The van der Waals surface area contributed by atoms with E-state index in [2.05, 4.69) is 17.6 Å². The average molecular weight is 206 g/mol. The van der Waals surface area contributed by atoms with E-state index in [9.17, 15) is 4.79 Å². The number of carbonyl (C=O) groups is 1. The maximum absolute atomic E-state index is 10.9. The minimum atomic E-state index is -0.135. The summed E-state index contributed by atoms with van der Waals surface area (Å²) in [6.07, 6.45) is 2.25. The van der Waals surface area contributed by atoms with Crippen LogP contribution in [0.1, 0.15) is 11.4 Å². The normalized spacial score (nSPS) is 10.7. The summed E-state index contributed by atoms with van der Waals surface area (Å²) in [5, 5.41) is -0.135. The molecule has 2 aromatic heterocycles. The zero-order valence-corrected chi connectivity index (χ0v) is 8.66. The summed E-state index contributed by atoms with van der Waals surface area (Å²) in [7, 11) is 0. The summed E-state index contributed by atoms with van der Waals surface area (Å²) in [5.74, 6) is 0. The number of hydrogen-bond donors (Lipinski definition) is 1. The molecule has 0 aliphatic rings. The molecule has 2 heterocycles. The van der Waals surface area contributed by atoms with Crippen molar-refractivity contribution in [2.75, 3.05) is 0 Å². The van der Waals surface area contributed by atoms with Crippen LogP contribution in [-0.4, -0.2) is 14.5 Å². The standard InChI is InChI=1S/C10H10N2OS/c1-7-6-12-8(5-10(13)14)3-2-4-9(12)11-7/h2-4,6H,5H2,1H3,(H,13,14). The van der Waals surface area contributed by atoms with Crippen LogP contribution in [-0.2, 0) is 11.2 Å². The number of pyridine rings is 1. The van der Waals surface area contributed by atoms with E-state index in [0.717, 1.165) is 17.0 Å². The molecule has 0 saturated carbocycles. The molecule has 4 heteroatoms. The zero-order valence-electron chi connectivity index (χ0n) is 7.77. The van der Waals surface area contributed by atoms with Crippen LogP contribution in [0.15, 0.2) is 24.4 Å². The lowest BCUT2D eigenvalue weighted by Crippen LogP contribution is -2.00. The molecule has 0 bridgehead atoms. The van der Waals surface area contributed by atoms with Crippen LogP contribution in [0.2, 0.25) is 0 Å². The van der Waals surface area contributed by atoms with Crippen molar-refractivity contribution >= 4 is 23.4 Å². The second kappa shape index (κ2) is 3.46. The maximum Gasteiger partial charge on any atom is 0.191 e. The Labute approximate surface area is 87.2 Å². The van der Waals surface area contributed by atoms with Crippen molar-refractivity contribution in [1.82, 2.24) is 9.38 Å². The van der Waals surface area contributed by atoms with Crippen molar-refractivity contribution in [3.05, 3.63) is 35.8 Å². The van der Waals surface area contributed by atoms with E-state index >= 15 is 0 Å². The van der Waals surface area contributed by atoms with Crippen molar-refractivity contribution in [2.24, 2.45) is 0 Å². The molecule has 72 valence electrons. The zero-order chi connectivity index (χ0) is 10.1. The highest BCUT2D eigenvalue weighted by Gasteiger charge is 2.04. The molecule has 3 nitrogen and oxygen atoms in total. The molecule has 14 heavy (non-hydrogen) atoms. The first-order chi connectivity index (χ1) is 6.66. The van der Waals surface area contributed by atoms with Gasteiger partial charge < -0.3 is 4.40 Å². The SMILES string of the molecule is Cc1cn2c(CC(=O)S)cccc2n1. The Balaban J connectivity index is 2.58. The predicted molar refractivity (Wildman–Crippen MR) is 57.6 cm³/mol. The fourth-order valence-electron chi connectivity index (χ4n) is 1.49. The second-order valence-corrected chi connectivity index (χ2v) is 3.70. The van der Waals surface area contributed by atoms with Crippen LogP contribution in [0.3, 0.4) is 0 Å². The maximum atomic E-state index is 10.9. The fraction of sp³-hybridized carbons (Fsp3) is 0.200. The quantitative estimate of drug-likeness (QED) is 0.758. The van der Waals surface area contributed by atoms with Crippen LogP contribution >= 0.6 is 12.6 Å². The minimum absolute atomic E-state index is 0.135. The number of carbonyl (C=O) groups excluding carboxylic acids is 1. The number of rotatable bonds is 2. The summed E-state index contributed by atoms with van der Waals surface area (Å²) in [6.45, 7) is 1.93. The third-order valence-electron chi connectivity index (χ3n) is 2.03. The van der Waals surface area contributed by atoms with Gasteiger partial charge in [0.25, 0.3) is 0 Å². The summed E-state index contributed by atoms with van der Waals surface area (Å²) < 4.78 is 1.92. The number of fused-ring (bicyclic) bond motifs is 1. The van der Waals surface area contributed by atoms with E-state index in [4.69, 9.17) is 0 Å². The molecule has 0 fully saturated rings. The van der Waals surface area contributed by atoms with Crippen LogP contribution in [0.5, 0.6) is 0 Å². The van der Waals surface area contributed by atoms with Crippen LogP contribution < -0.4 is 0 Å². The van der Waals surface area contributed by atoms with Crippen LogP contribution in [0, 0.1) is 6.92 Å². The van der Waals surface area contributed by atoms with Crippen molar-refractivity contribution in [3.63, 3.8) is 0 Å². The molecule has 0 aromatic carbocycles. The van der Waals surface area contributed by atoms with Gasteiger partial charge in [-0.15, -0.1) is 12.6 Å². The molecule has 0 N–H and O–H groups in total. The first-order valence-corrected chi connectivity index (χ1v) is 4.77. The van der Waals surface area contributed by atoms with Crippen molar-refractivity contribution < 1.29 is 4.79 Å². The lowest BCUT2D eigenvalue weighted by Gasteiger charge is -2.01. The minimum Gasteiger partial charge on any atom is -0.303 e. The fourth-order valence-corrected chi connectivity index (χ4v) is 1.65. The number of hydrogen-bond acceptors (Lipinski definition) is 2. The number of aryl methyl sites for hydroxylation is 1. The molecule has 0 aliphatic carbocycles. The molecule has 0 spiro atoms. The van der Waals surface area contributed by atoms with E-state index < -0.39 is 0 Å². The Morgan fingerprint density at radius 2 is 2.36 bits per heavy atom. The molecule has 0 amide bonds. The third kappa shape index (κ3) is 1.65. The topological polar surface area (TPSA) is 34.4 Å². The molecule has 0 unspecified atom stereocenters. The Kier molecular flexibility index (Phi) is 2.29. The molecular weight excluding hydrogens is 196 g/mol. The summed E-state index contributed by atoms with van der Waals surface area (Å²) >= 11 is 3.77. The van der Waals surface area contributed by atoms with Gasteiger partial charge in [0.1, 0.15) is 5.65 Å². The van der Waals surface area contributed by atoms with Gasteiger partial charge in [-0.2, -0.15) is 0 Å². The Bertz CT molecular complexity index is 490. The lowest BCUT2D eigenvalue weighted by atomic mass is 10.3. The number of nitrogens with zero attached hydrogens (tertiary/aromatic N) is 2. The van der Waals surface area contributed by atoms with Crippen molar-refractivity contribution in [1.29, 1.82) is 0 Å². The number of aromatic nitrogens is 2. The molecule has 0 saturated heterocycles.